The van der Waals surface area contributed by atoms with Crippen LogP contribution in [-0.4, -0.2) is 42.3 Å². The van der Waals surface area contributed by atoms with Gasteiger partial charge in [0.25, 0.3) is 0 Å². The van der Waals surface area contributed by atoms with E-state index in [1.165, 1.54) is 16.7 Å². The van der Waals surface area contributed by atoms with Crippen molar-refractivity contribution in [1.82, 2.24) is 14.3 Å². The van der Waals surface area contributed by atoms with Crippen LogP contribution in [0.25, 0.3) is 0 Å². The van der Waals surface area contributed by atoms with Crippen LogP contribution < -0.4 is 5.32 Å². The first-order valence-electron chi connectivity index (χ1n) is 6.60. The van der Waals surface area contributed by atoms with Crippen LogP contribution in [0.2, 0.25) is 0 Å². The van der Waals surface area contributed by atoms with E-state index in [9.17, 15) is 8.42 Å². The zero-order chi connectivity index (χ0) is 13.9. The molecule has 1 aliphatic rings. The fraction of sp³-hybridized carbons (Fsp3) is 0.667. The molecule has 1 fully saturated rings. The third-order valence-electron chi connectivity index (χ3n) is 3.34. The van der Waals surface area contributed by atoms with Crippen molar-refractivity contribution in [3.63, 3.8) is 0 Å². The van der Waals surface area contributed by atoms with E-state index in [-0.39, 0.29) is 4.90 Å². The number of nitrogens with one attached hydrogen (secondary N) is 1. The van der Waals surface area contributed by atoms with Crippen LogP contribution in [0.5, 0.6) is 0 Å². The van der Waals surface area contributed by atoms with E-state index in [4.69, 9.17) is 0 Å². The third-order valence-corrected chi connectivity index (χ3v) is 5.19. The number of hydrogen-bond acceptors (Lipinski definition) is 5. The van der Waals surface area contributed by atoms with Crippen molar-refractivity contribution >= 4 is 16.0 Å². The maximum atomic E-state index is 12.4. The molecule has 0 bridgehead atoms. The molecule has 0 atom stereocenters. The van der Waals surface area contributed by atoms with E-state index in [0.717, 1.165) is 12.8 Å². The minimum Gasteiger partial charge on any atom is -0.355 e. The summed E-state index contributed by atoms with van der Waals surface area (Å²) in [7, 11) is -3.44. The standard InChI is InChI=1S/C12H20N4O2S/c1-3-13-12-14-8-11(9-15-12)19(17,18)16-6-4-10(2)5-7-16/h8-10H,3-7H2,1-2H3,(H,13,14,15). The van der Waals surface area contributed by atoms with E-state index in [0.29, 0.717) is 31.5 Å². The van der Waals surface area contributed by atoms with Crippen LogP contribution >= 0.6 is 0 Å². The molecule has 1 aliphatic heterocycles. The maximum Gasteiger partial charge on any atom is 0.246 e. The van der Waals surface area contributed by atoms with Gasteiger partial charge < -0.3 is 5.32 Å². The first-order valence-corrected chi connectivity index (χ1v) is 8.04. The van der Waals surface area contributed by atoms with Crippen LogP contribution in [0, 0.1) is 5.92 Å². The lowest BCUT2D eigenvalue weighted by atomic mass is 10.0. The second-order valence-electron chi connectivity index (χ2n) is 4.86. The number of anilines is 1. The molecule has 1 aromatic heterocycles. The van der Waals surface area contributed by atoms with Crippen molar-refractivity contribution in [2.75, 3.05) is 25.0 Å². The fourth-order valence-electron chi connectivity index (χ4n) is 2.07. The molecular weight excluding hydrogens is 264 g/mol. The second-order valence-corrected chi connectivity index (χ2v) is 6.80. The van der Waals surface area contributed by atoms with Crippen molar-refractivity contribution in [1.29, 1.82) is 0 Å². The number of piperidine rings is 1. The monoisotopic (exact) mass is 284 g/mol. The Morgan fingerprint density at radius 3 is 2.42 bits per heavy atom. The first-order chi connectivity index (χ1) is 9.04. The minimum atomic E-state index is -3.44. The van der Waals surface area contributed by atoms with Crippen LogP contribution in [0.4, 0.5) is 5.95 Å². The Morgan fingerprint density at radius 2 is 1.89 bits per heavy atom. The van der Waals surface area contributed by atoms with Gasteiger partial charge >= 0.3 is 0 Å². The summed E-state index contributed by atoms with van der Waals surface area (Å²) in [6, 6.07) is 0. The van der Waals surface area contributed by atoms with E-state index < -0.39 is 10.0 Å². The zero-order valence-electron chi connectivity index (χ0n) is 11.3. The van der Waals surface area contributed by atoms with Gasteiger partial charge in [0.05, 0.1) is 12.4 Å². The molecule has 0 saturated carbocycles. The van der Waals surface area contributed by atoms with Gasteiger partial charge in [0.15, 0.2) is 0 Å². The lowest BCUT2D eigenvalue weighted by molar-refractivity contribution is 0.288. The Morgan fingerprint density at radius 1 is 1.32 bits per heavy atom. The molecule has 6 nitrogen and oxygen atoms in total. The van der Waals surface area contributed by atoms with Gasteiger partial charge in [-0.25, -0.2) is 18.4 Å². The topological polar surface area (TPSA) is 75.2 Å². The van der Waals surface area contributed by atoms with Gasteiger partial charge in [-0.2, -0.15) is 4.31 Å². The summed E-state index contributed by atoms with van der Waals surface area (Å²) in [5.41, 5.74) is 0. The molecule has 1 aromatic rings. The molecule has 2 rings (SSSR count). The highest BCUT2D eigenvalue weighted by atomic mass is 32.2. The number of sulfonamides is 1. The molecule has 1 N–H and O–H groups in total. The average Bonchev–Trinajstić information content (AvgIpc) is 2.40. The number of nitrogens with zero attached hydrogens (tertiary/aromatic N) is 3. The van der Waals surface area contributed by atoms with E-state index >= 15 is 0 Å². The largest absolute Gasteiger partial charge is 0.355 e. The van der Waals surface area contributed by atoms with Gasteiger partial charge in [0, 0.05) is 19.6 Å². The van der Waals surface area contributed by atoms with Gasteiger partial charge in [-0.1, -0.05) is 6.92 Å². The van der Waals surface area contributed by atoms with Crippen molar-refractivity contribution in [3.05, 3.63) is 12.4 Å². The van der Waals surface area contributed by atoms with Gasteiger partial charge in [0.1, 0.15) is 4.90 Å². The Bertz CT molecular complexity index is 507. The lowest BCUT2D eigenvalue weighted by Crippen LogP contribution is -2.37. The van der Waals surface area contributed by atoms with Crippen molar-refractivity contribution in [2.24, 2.45) is 5.92 Å². The van der Waals surface area contributed by atoms with Crippen LogP contribution in [0.1, 0.15) is 26.7 Å². The van der Waals surface area contributed by atoms with Crippen molar-refractivity contribution < 1.29 is 8.42 Å². The minimum absolute atomic E-state index is 0.170. The highest BCUT2D eigenvalue weighted by Crippen LogP contribution is 2.22. The summed E-state index contributed by atoms with van der Waals surface area (Å²) in [6.07, 6.45) is 4.57. The van der Waals surface area contributed by atoms with Crippen molar-refractivity contribution in [3.8, 4) is 0 Å². The molecule has 19 heavy (non-hydrogen) atoms. The maximum absolute atomic E-state index is 12.4. The van der Waals surface area contributed by atoms with E-state index in [1.807, 2.05) is 6.92 Å². The summed E-state index contributed by atoms with van der Waals surface area (Å²) in [4.78, 5) is 8.20. The van der Waals surface area contributed by atoms with E-state index in [2.05, 4.69) is 22.2 Å². The molecule has 106 valence electrons. The van der Waals surface area contributed by atoms with Crippen LogP contribution in [0.3, 0.4) is 0 Å². The molecule has 7 heteroatoms. The van der Waals surface area contributed by atoms with Gasteiger partial charge in [-0.05, 0) is 25.7 Å². The molecule has 0 unspecified atom stereocenters. The fourth-order valence-corrected chi connectivity index (χ4v) is 3.43. The van der Waals surface area contributed by atoms with Crippen LogP contribution in [0.15, 0.2) is 17.3 Å². The predicted molar refractivity (Wildman–Crippen MR) is 73.4 cm³/mol. The molecular formula is C12H20N4O2S. The summed E-state index contributed by atoms with van der Waals surface area (Å²) in [5.74, 6) is 1.05. The normalized spacial score (nSPS) is 18.4. The molecule has 0 amide bonds. The molecule has 2 heterocycles. The Labute approximate surface area is 114 Å². The summed E-state index contributed by atoms with van der Waals surface area (Å²) >= 11 is 0. The number of hydrogen-bond donors (Lipinski definition) is 1. The molecule has 1 saturated heterocycles. The zero-order valence-corrected chi connectivity index (χ0v) is 12.2. The second kappa shape index (κ2) is 5.83. The van der Waals surface area contributed by atoms with Crippen LogP contribution in [-0.2, 0) is 10.0 Å². The number of rotatable bonds is 4. The first kappa shape index (κ1) is 14.2. The average molecular weight is 284 g/mol. The smallest absolute Gasteiger partial charge is 0.246 e. The summed E-state index contributed by atoms with van der Waals surface area (Å²) in [5, 5.41) is 2.94. The van der Waals surface area contributed by atoms with E-state index in [1.54, 1.807) is 0 Å². The predicted octanol–water partition coefficient (Wildman–Crippen LogP) is 1.33. The van der Waals surface area contributed by atoms with Crippen molar-refractivity contribution in [2.45, 2.75) is 31.6 Å². The summed E-state index contributed by atoms with van der Waals surface area (Å²) in [6.45, 7) is 5.95. The molecule has 0 radical (unpaired) electrons. The van der Waals surface area contributed by atoms with Gasteiger partial charge in [-0.15, -0.1) is 0 Å². The lowest BCUT2D eigenvalue weighted by Gasteiger charge is -2.29. The third kappa shape index (κ3) is 3.22. The highest BCUT2D eigenvalue weighted by Gasteiger charge is 2.28. The number of aromatic nitrogens is 2. The Balaban J connectivity index is 2.15. The van der Waals surface area contributed by atoms with Gasteiger partial charge in [0.2, 0.25) is 16.0 Å². The van der Waals surface area contributed by atoms with Gasteiger partial charge in [-0.3, -0.25) is 0 Å². The Kier molecular flexibility index (Phi) is 4.36. The molecule has 0 aliphatic carbocycles. The SMILES string of the molecule is CCNc1ncc(S(=O)(=O)N2CCC(C)CC2)cn1. The highest BCUT2D eigenvalue weighted by molar-refractivity contribution is 7.89. The summed E-state index contributed by atoms with van der Waals surface area (Å²) < 4.78 is 26.3. The molecule has 0 aromatic carbocycles. The quantitative estimate of drug-likeness (QED) is 0.902. The Hall–Kier alpha value is -1.21. The molecule has 0 spiro atoms.